The molecule has 8 heteroatoms. The maximum Gasteiger partial charge on any atom is 0.251 e. The van der Waals surface area contributed by atoms with Gasteiger partial charge in [0.05, 0.1) is 17.5 Å². The second kappa shape index (κ2) is 5.47. The van der Waals surface area contributed by atoms with Crippen LogP contribution in [0.3, 0.4) is 0 Å². The lowest BCUT2D eigenvalue weighted by Gasteiger charge is -2.12. The number of nitrogens with zero attached hydrogens (tertiary/aromatic N) is 4. The molecule has 0 bridgehead atoms. The van der Waals surface area contributed by atoms with Crippen molar-refractivity contribution in [1.29, 1.82) is 0 Å². The molecule has 0 spiro atoms. The molecule has 3 aromatic rings. The number of carbonyl (C=O) groups is 1. The van der Waals surface area contributed by atoms with Crippen LogP contribution in [-0.2, 0) is 4.79 Å². The van der Waals surface area contributed by atoms with E-state index in [1.807, 2.05) is 19.9 Å². The van der Waals surface area contributed by atoms with Crippen LogP contribution in [0.2, 0.25) is 0 Å². The number of H-pyrrole nitrogens is 1. The fourth-order valence-electron chi connectivity index (χ4n) is 2.21. The van der Waals surface area contributed by atoms with Gasteiger partial charge in [-0.05, 0) is 32.9 Å². The standard InChI is InChI=1S/C14H16N6O2/c1-8-6-9(2)20(19-8)10(3)13(21)16-14-15-12(17-18-14)11-4-5-22-7-11/h4-7,10H,1-3H3,(H2,15,16,17,18,21)/t10-/m0/s1. The number of furan rings is 1. The minimum atomic E-state index is -0.454. The van der Waals surface area contributed by atoms with Crippen molar-refractivity contribution in [2.24, 2.45) is 0 Å². The Balaban J connectivity index is 1.73. The molecule has 1 atom stereocenters. The van der Waals surface area contributed by atoms with Gasteiger partial charge in [-0.1, -0.05) is 0 Å². The van der Waals surface area contributed by atoms with Crippen LogP contribution in [0, 0.1) is 13.8 Å². The predicted molar refractivity (Wildman–Crippen MR) is 79.1 cm³/mol. The summed E-state index contributed by atoms with van der Waals surface area (Å²) in [6.07, 6.45) is 3.09. The van der Waals surface area contributed by atoms with E-state index in [9.17, 15) is 4.79 Å². The summed E-state index contributed by atoms with van der Waals surface area (Å²) < 4.78 is 6.66. The first kappa shape index (κ1) is 14.1. The van der Waals surface area contributed by atoms with Crippen LogP contribution in [-0.4, -0.2) is 30.9 Å². The first-order valence-electron chi connectivity index (χ1n) is 6.83. The average molecular weight is 300 g/mol. The summed E-state index contributed by atoms with van der Waals surface area (Å²) in [6.45, 7) is 5.58. The number of amides is 1. The van der Waals surface area contributed by atoms with E-state index in [-0.39, 0.29) is 11.9 Å². The highest BCUT2D eigenvalue weighted by Gasteiger charge is 2.19. The molecule has 3 rings (SSSR count). The molecule has 2 N–H and O–H groups in total. The molecule has 22 heavy (non-hydrogen) atoms. The van der Waals surface area contributed by atoms with Crippen LogP contribution in [0.1, 0.15) is 24.4 Å². The molecular weight excluding hydrogens is 284 g/mol. The molecule has 0 aromatic carbocycles. The summed E-state index contributed by atoms with van der Waals surface area (Å²) in [5, 5.41) is 13.7. The molecule has 0 saturated heterocycles. The van der Waals surface area contributed by atoms with E-state index in [1.54, 1.807) is 30.2 Å². The fraction of sp³-hybridized carbons (Fsp3) is 0.286. The highest BCUT2D eigenvalue weighted by atomic mass is 16.3. The van der Waals surface area contributed by atoms with Crippen LogP contribution in [0.5, 0.6) is 0 Å². The molecule has 0 aliphatic carbocycles. The third kappa shape index (κ3) is 2.62. The molecule has 3 heterocycles. The Kier molecular flexibility index (Phi) is 3.50. The summed E-state index contributed by atoms with van der Waals surface area (Å²) in [4.78, 5) is 16.5. The number of nitrogens with one attached hydrogen (secondary N) is 2. The van der Waals surface area contributed by atoms with E-state index in [0.29, 0.717) is 5.82 Å². The van der Waals surface area contributed by atoms with Crippen LogP contribution in [0.15, 0.2) is 29.1 Å². The molecule has 3 aromatic heterocycles. The molecule has 0 radical (unpaired) electrons. The van der Waals surface area contributed by atoms with E-state index in [1.165, 1.54) is 0 Å². The highest BCUT2D eigenvalue weighted by molar-refractivity contribution is 5.92. The second-order valence-electron chi connectivity index (χ2n) is 5.06. The Morgan fingerprint density at radius 1 is 1.45 bits per heavy atom. The van der Waals surface area contributed by atoms with Crippen LogP contribution < -0.4 is 5.32 Å². The first-order chi connectivity index (χ1) is 10.5. The third-order valence-electron chi connectivity index (χ3n) is 3.31. The number of hydrogen-bond acceptors (Lipinski definition) is 5. The number of rotatable bonds is 4. The number of aromatic nitrogens is 5. The van der Waals surface area contributed by atoms with Crippen molar-refractivity contribution < 1.29 is 9.21 Å². The summed E-state index contributed by atoms with van der Waals surface area (Å²) in [7, 11) is 0. The van der Waals surface area contributed by atoms with Gasteiger partial charge in [0.25, 0.3) is 5.91 Å². The van der Waals surface area contributed by atoms with Crippen molar-refractivity contribution in [3.05, 3.63) is 36.0 Å². The van der Waals surface area contributed by atoms with Crippen LogP contribution >= 0.6 is 0 Å². The predicted octanol–water partition coefficient (Wildman–Crippen LogP) is 2.08. The summed E-state index contributed by atoms with van der Waals surface area (Å²) >= 11 is 0. The largest absolute Gasteiger partial charge is 0.472 e. The van der Waals surface area contributed by atoms with E-state index in [2.05, 4.69) is 25.6 Å². The molecule has 0 unspecified atom stereocenters. The van der Waals surface area contributed by atoms with Gasteiger partial charge in [-0.3, -0.25) is 19.9 Å². The van der Waals surface area contributed by atoms with Crippen molar-refractivity contribution >= 4 is 11.9 Å². The van der Waals surface area contributed by atoms with Gasteiger partial charge in [-0.15, -0.1) is 5.10 Å². The van der Waals surface area contributed by atoms with Gasteiger partial charge < -0.3 is 4.42 Å². The zero-order valence-corrected chi connectivity index (χ0v) is 12.5. The van der Waals surface area contributed by atoms with Gasteiger partial charge >= 0.3 is 0 Å². The summed E-state index contributed by atoms with van der Waals surface area (Å²) in [5.74, 6) is 0.515. The van der Waals surface area contributed by atoms with Gasteiger partial charge in [0.2, 0.25) is 5.95 Å². The molecule has 8 nitrogen and oxygen atoms in total. The lowest BCUT2D eigenvalue weighted by atomic mass is 10.3. The maximum atomic E-state index is 12.3. The maximum absolute atomic E-state index is 12.3. The summed E-state index contributed by atoms with van der Waals surface area (Å²) in [6, 6.07) is 3.22. The Hall–Kier alpha value is -2.90. The molecular formula is C14H16N6O2. The monoisotopic (exact) mass is 300 g/mol. The quantitative estimate of drug-likeness (QED) is 0.768. The molecule has 1 amide bonds. The van der Waals surface area contributed by atoms with Crippen molar-refractivity contribution in [2.75, 3.05) is 5.32 Å². The normalized spacial score (nSPS) is 12.3. The molecule has 0 fully saturated rings. The van der Waals surface area contributed by atoms with Gasteiger partial charge in [0, 0.05) is 5.69 Å². The zero-order chi connectivity index (χ0) is 15.7. The van der Waals surface area contributed by atoms with Crippen LogP contribution in [0.4, 0.5) is 5.95 Å². The number of aryl methyl sites for hydroxylation is 2. The van der Waals surface area contributed by atoms with E-state index < -0.39 is 6.04 Å². The smallest absolute Gasteiger partial charge is 0.251 e. The minimum Gasteiger partial charge on any atom is -0.472 e. The van der Waals surface area contributed by atoms with E-state index >= 15 is 0 Å². The van der Waals surface area contributed by atoms with Gasteiger partial charge in [0.1, 0.15) is 12.3 Å². The highest BCUT2D eigenvalue weighted by Crippen LogP contribution is 2.17. The van der Waals surface area contributed by atoms with Gasteiger partial charge in [0.15, 0.2) is 5.82 Å². The number of anilines is 1. The number of carbonyl (C=O) groups excluding carboxylic acids is 1. The Morgan fingerprint density at radius 3 is 2.91 bits per heavy atom. The van der Waals surface area contributed by atoms with Crippen molar-refractivity contribution in [2.45, 2.75) is 26.8 Å². The first-order valence-corrected chi connectivity index (χ1v) is 6.83. The molecule has 0 aliphatic rings. The SMILES string of the molecule is Cc1cc(C)n([C@@H](C)C(=O)Nc2n[nH]c(-c3ccoc3)n2)n1. The average Bonchev–Trinajstić information content (AvgIpc) is 3.18. The Morgan fingerprint density at radius 2 is 2.27 bits per heavy atom. The lowest BCUT2D eigenvalue weighted by molar-refractivity contribution is -0.119. The van der Waals surface area contributed by atoms with Crippen LogP contribution in [0.25, 0.3) is 11.4 Å². The lowest BCUT2D eigenvalue weighted by Crippen LogP contribution is -2.25. The number of hydrogen-bond donors (Lipinski definition) is 2. The van der Waals surface area contributed by atoms with Gasteiger partial charge in [-0.25, -0.2) is 0 Å². The van der Waals surface area contributed by atoms with Crippen molar-refractivity contribution in [3.63, 3.8) is 0 Å². The van der Waals surface area contributed by atoms with Crippen molar-refractivity contribution in [1.82, 2.24) is 25.0 Å². The molecule has 0 aliphatic heterocycles. The fourth-order valence-corrected chi connectivity index (χ4v) is 2.21. The Bertz CT molecular complexity index is 786. The summed E-state index contributed by atoms with van der Waals surface area (Å²) in [5.41, 5.74) is 2.56. The van der Waals surface area contributed by atoms with Gasteiger partial charge in [-0.2, -0.15) is 10.1 Å². The number of aromatic amines is 1. The third-order valence-corrected chi connectivity index (χ3v) is 3.31. The van der Waals surface area contributed by atoms with Crippen molar-refractivity contribution in [3.8, 4) is 11.4 Å². The second-order valence-corrected chi connectivity index (χ2v) is 5.06. The molecule has 114 valence electrons. The molecule has 0 saturated carbocycles. The topological polar surface area (TPSA) is 102 Å². The zero-order valence-electron chi connectivity index (χ0n) is 12.5. The van der Waals surface area contributed by atoms with E-state index in [4.69, 9.17) is 4.42 Å². The van der Waals surface area contributed by atoms with E-state index in [0.717, 1.165) is 17.0 Å². The Labute approximate surface area is 126 Å². The minimum absolute atomic E-state index is 0.217.